The molecule has 1 unspecified atom stereocenters. The van der Waals surface area contributed by atoms with Crippen LogP contribution >= 0.6 is 7.67 Å². The molecule has 0 saturated carbocycles. The van der Waals surface area contributed by atoms with Crippen molar-refractivity contribution in [1.29, 1.82) is 0 Å². The van der Waals surface area contributed by atoms with Gasteiger partial charge >= 0.3 is 13.8 Å². The van der Waals surface area contributed by atoms with Gasteiger partial charge in [0.25, 0.3) is 0 Å². The van der Waals surface area contributed by atoms with Gasteiger partial charge in [0.05, 0.1) is 19.8 Å². The molecule has 25 heavy (non-hydrogen) atoms. The standard InChI is InChI=1S/C15H32N3O6P/c1-5-10-22-11-12-23-13-14-24-15(19)17-6-8-18(9-7-17)25(20,21-4)16(2)3/h5-14H2,1-4H3. The molecule has 1 fully saturated rings. The monoisotopic (exact) mass is 381 g/mol. The average molecular weight is 381 g/mol. The normalized spacial score (nSPS) is 18.4. The second kappa shape index (κ2) is 11.8. The van der Waals surface area contributed by atoms with E-state index >= 15 is 0 Å². The van der Waals surface area contributed by atoms with Gasteiger partial charge < -0.3 is 23.6 Å². The molecule has 148 valence electrons. The molecule has 9 nitrogen and oxygen atoms in total. The van der Waals surface area contributed by atoms with Crippen molar-refractivity contribution in [3.8, 4) is 0 Å². The summed E-state index contributed by atoms with van der Waals surface area (Å²) in [7, 11) is 1.89. The number of amides is 1. The highest BCUT2D eigenvalue weighted by Crippen LogP contribution is 2.51. The van der Waals surface area contributed by atoms with Gasteiger partial charge in [0.1, 0.15) is 6.61 Å². The van der Waals surface area contributed by atoms with Gasteiger partial charge in [-0.1, -0.05) is 6.92 Å². The Kier molecular flexibility index (Phi) is 10.6. The van der Waals surface area contributed by atoms with Gasteiger partial charge in [-0.25, -0.2) is 14.1 Å². The predicted octanol–water partition coefficient (Wildman–Crippen LogP) is 1.50. The summed E-state index contributed by atoms with van der Waals surface area (Å²) in [4.78, 5) is 13.6. The molecule has 0 radical (unpaired) electrons. The molecule has 0 aromatic carbocycles. The van der Waals surface area contributed by atoms with E-state index in [2.05, 4.69) is 6.92 Å². The van der Waals surface area contributed by atoms with Gasteiger partial charge in [-0.15, -0.1) is 0 Å². The highest BCUT2D eigenvalue weighted by Gasteiger charge is 2.36. The van der Waals surface area contributed by atoms with Crippen molar-refractivity contribution < 1.29 is 28.1 Å². The number of rotatable bonds is 11. The number of hydrogen-bond acceptors (Lipinski definition) is 6. The number of hydrogen-bond donors (Lipinski definition) is 0. The lowest BCUT2D eigenvalue weighted by Gasteiger charge is -2.39. The Labute approximate surface area is 150 Å². The van der Waals surface area contributed by atoms with Crippen LogP contribution in [0.5, 0.6) is 0 Å². The topological polar surface area (TPSA) is 80.8 Å². The van der Waals surface area contributed by atoms with Gasteiger partial charge in [-0.05, 0) is 20.5 Å². The van der Waals surface area contributed by atoms with Crippen molar-refractivity contribution in [2.75, 3.05) is 80.4 Å². The molecule has 0 aromatic rings. The van der Waals surface area contributed by atoms with E-state index < -0.39 is 7.67 Å². The Morgan fingerprint density at radius 1 is 1.00 bits per heavy atom. The van der Waals surface area contributed by atoms with Crippen LogP contribution in [0, 0.1) is 0 Å². The summed E-state index contributed by atoms with van der Waals surface area (Å²) in [5, 5.41) is 0. The highest BCUT2D eigenvalue weighted by molar-refractivity contribution is 7.53. The minimum atomic E-state index is -2.99. The first-order chi connectivity index (χ1) is 12.0. The molecule has 0 bridgehead atoms. The molecule has 0 aliphatic carbocycles. The van der Waals surface area contributed by atoms with Crippen LogP contribution in [-0.2, 0) is 23.3 Å². The lowest BCUT2D eigenvalue weighted by molar-refractivity contribution is 0.0200. The number of nitrogens with zero attached hydrogens (tertiary/aromatic N) is 3. The summed E-state index contributed by atoms with van der Waals surface area (Å²) in [5.74, 6) is 0. The maximum absolute atomic E-state index is 12.7. The second-order valence-electron chi connectivity index (χ2n) is 5.80. The Hall–Kier alpha value is -0.700. The van der Waals surface area contributed by atoms with Gasteiger partial charge in [-0.2, -0.15) is 0 Å². The van der Waals surface area contributed by atoms with E-state index in [0.717, 1.165) is 13.0 Å². The number of ether oxygens (including phenoxy) is 3. The Balaban J connectivity index is 2.20. The van der Waals surface area contributed by atoms with E-state index in [1.165, 1.54) is 7.11 Å². The van der Waals surface area contributed by atoms with E-state index in [-0.39, 0.29) is 12.7 Å². The zero-order valence-electron chi connectivity index (χ0n) is 15.8. The van der Waals surface area contributed by atoms with Crippen LogP contribution in [0.15, 0.2) is 0 Å². The van der Waals surface area contributed by atoms with Crippen LogP contribution in [0.4, 0.5) is 4.79 Å². The molecular formula is C15H32N3O6P. The summed E-state index contributed by atoms with van der Waals surface area (Å²) < 4.78 is 37.1. The molecule has 1 rings (SSSR count). The smallest absolute Gasteiger partial charge is 0.409 e. The molecule has 1 saturated heterocycles. The number of carbonyl (C=O) groups is 1. The van der Waals surface area contributed by atoms with Crippen molar-refractivity contribution in [3.05, 3.63) is 0 Å². The molecule has 1 heterocycles. The van der Waals surface area contributed by atoms with Crippen LogP contribution in [0.1, 0.15) is 13.3 Å². The van der Waals surface area contributed by atoms with Crippen molar-refractivity contribution in [2.24, 2.45) is 0 Å². The van der Waals surface area contributed by atoms with Crippen LogP contribution in [0.25, 0.3) is 0 Å². The molecule has 0 N–H and O–H groups in total. The molecule has 1 aliphatic rings. The van der Waals surface area contributed by atoms with Gasteiger partial charge in [0, 0.05) is 39.9 Å². The number of piperazine rings is 1. The minimum Gasteiger partial charge on any atom is -0.447 e. The summed E-state index contributed by atoms with van der Waals surface area (Å²) in [6.45, 7) is 6.23. The fourth-order valence-electron chi connectivity index (χ4n) is 2.41. The predicted molar refractivity (Wildman–Crippen MR) is 94.7 cm³/mol. The lowest BCUT2D eigenvalue weighted by atomic mass is 10.4. The third-order valence-electron chi connectivity index (χ3n) is 3.79. The zero-order chi connectivity index (χ0) is 18.7. The molecular weight excluding hydrogens is 349 g/mol. The van der Waals surface area contributed by atoms with Crippen LogP contribution in [0.2, 0.25) is 0 Å². The second-order valence-corrected chi connectivity index (χ2v) is 8.51. The van der Waals surface area contributed by atoms with E-state index in [4.69, 9.17) is 18.7 Å². The van der Waals surface area contributed by atoms with Gasteiger partial charge in [0.15, 0.2) is 0 Å². The first-order valence-corrected chi connectivity index (χ1v) is 10.1. The SMILES string of the molecule is CCCOCCOCCOC(=O)N1CCN(P(=O)(OC)N(C)C)CC1. The van der Waals surface area contributed by atoms with E-state index in [1.807, 2.05) is 0 Å². The van der Waals surface area contributed by atoms with Gasteiger partial charge in [-0.3, -0.25) is 4.57 Å². The molecule has 0 spiro atoms. The number of carbonyl (C=O) groups excluding carboxylic acids is 1. The summed E-state index contributed by atoms with van der Waals surface area (Å²) in [6.07, 6.45) is 0.613. The first-order valence-electron chi connectivity index (χ1n) is 8.62. The summed E-state index contributed by atoms with van der Waals surface area (Å²) in [5.41, 5.74) is 0. The Morgan fingerprint density at radius 3 is 2.08 bits per heavy atom. The lowest BCUT2D eigenvalue weighted by Crippen LogP contribution is -2.48. The average Bonchev–Trinajstić information content (AvgIpc) is 2.63. The van der Waals surface area contributed by atoms with E-state index in [9.17, 15) is 9.36 Å². The first kappa shape index (κ1) is 22.3. The van der Waals surface area contributed by atoms with Crippen molar-refractivity contribution >= 4 is 13.8 Å². The van der Waals surface area contributed by atoms with Crippen molar-refractivity contribution in [3.63, 3.8) is 0 Å². The fraction of sp³-hybridized carbons (Fsp3) is 0.933. The largest absolute Gasteiger partial charge is 0.447 e. The zero-order valence-corrected chi connectivity index (χ0v) is 16.7. The highest BCUT2D eigenvalue weighted by atomic mass is 31.2. The van der Waals surface area contributed by atoms with Crippen LogP contribution < -0.4 is 0 Å². The van der Waals surface area contributed by atoms with Crippen LogP contribution in [0.3, 0.4) is 0 Å². The van der Waals surface area contributed by atoms with E-state index in [0.29, 0.717) is 46.0 Å². The summed E-state index contributed by atoms with van der Waals surface area (Å²) >= 11 is 0. The van der Waals surface area contributed by atoms with Crippen LogP contribution in [-0.4, -0.2) is 101 Å². The Morgan fingerprint density at radius 2 is 1.56 bits per heavy atom. The molecule has 0 aromatic heterocycles. The third-order valence-corrected chi connectivity index (χ3v) is 6.39. The maximum atomic E-state index is 12.7. The molecule has 10 heteroatoms. The molecule has 1 amide bonds. The fourth-order valence-corrected chi connectivity index (χ4v) is 4.16. The molecule has 1 atom stereocenters. The Bertz CT molecular complexity index is 429. The minimum absolute atomic E-state index is 0.209. The molecule has 1 aliphatic heterocycles. The van der Waals surface area contributed by atoms with Gasteiger partial charge in [0.2, 0.25) is 0 Å². The summed E-state index contributed by atoms with van der Waals surface area (Å²) in [6, 6.07) is 0. The maximum Gasteiger partial charge on any atom is 0.409 e. The van der Waals surface area contributed by atoms with E-state index in [1.54, 1.807) is 28.3 Å². The third kappa shape index (κ3) is 7.21. The van der Waals surface area contributed by atoms with Crippen molar-refractivity contribution in [2.45, 2.75) is 13.3 Å². The quantitative estimate of drug-likeness (QED) is 0.393. The van der Waals surface area contributed by atoms with Crippen molar-refractivity contribution in [1.82, 2.24) is 14.2 Å².